The fourth-order valence-electron chi connectivity index (χ4n) is 2.06. The molecule has 19 heavy (non-hydrogen) atoms. The highest BCUT2D eigenvalue weighted by Crippen LogP contribution is 2.47. The molecule has 1 fully saturated rings. The Labute approximate surface area is 120 Å². The molecule has 2 rings (SSSR count). The van der Waals surface area contributed by atoms with Crippen molar-refractivity contribution in [3.63, 3.8) is 0 Å². The van der Waals surface area contributed by atoms with Crippen LogP contribution in [-0.2, 0) is 16.1 Å². The molecule has 1 aromatic rings. The van der Waals surface area contributed by atoms with E-state index in [0.29, 0.717) is 22.9 Å². The smallest absolute Gasteiger partial charge is 0.319 e. The zero-order chi connectivity index (χ0) is 14.2. The van der Waals surface area contributed by atoms with Crippen molar-refractivity contribution in [2.24, 2.45) is 5.41 Å². The van der Waals surface area contributed by atoms with Gasteiger partial charge in [0.15, 0.2) is 0 Å². The molecule has 102 valence electrons. The molecule has 1 aromatic carbocycles. The van der Waals surface area contributed by atoms with Crippen LogP contribution in [0.2, 0.25) is 10.0 Å². The summed E-state index contributed by atoms with van der Waals surface area (Å²) in [5.41, 5.74) is -0.438. The van der Waals surface area contributed by atoms with Crippen molar-refractivity contribution in [3.8, 4) is 0 Å². The van der Waals surface area contributed by atoms with Crippen LogP contribution < -0.4 is 0 Å². The molecule has 1 aliphatic rings. The van der Waals surface area contributed by atoms with E-state index in [1.54, 1.807) is 25.2 Å². The van der Waals surface area contributed by atoms with E-state index in [-0.39, 0.29) is 12.5 Å². The number of amides is 1. The number of aliphatic carboxylic acids is 1. The summed E-state index contributed by atoms with van der Waals surface area (Å²) in [6, 6.07) is 5.02. The summed E-state index contributed by atoms with van der Waals surface area (Å²) >= 11 is 11.8. The fourth-order valence-corrected chi connectivity index (χ4v) is 2.63. The van der Waals surface area contributed by atoms with Crippen LogP contribution in [0.1, 0.15) is 18.4 Å². The lowest BCUT2D eigenvalue weighted by atomic mass is 10.1. The quantitative estimate of drug-likeness (QED) is 0.870. The van der Waals surface area contributed by atoms with E-state index in [1.807, 2.05) is 0 Å². The Hall–Kier alpha value is -1.26. The predicted molar refractivity (Wildman–Crippen MR) is 72.2 cm³/mol. The van der Waals surface area contributed by atoms with Crippen LogP contribution in [0.5, 0.6) is 0 Å². The third kappa shape index (κ3) is 2.85. The Morgan fingerprint density at radius 1 is 1.26 bits per heavy atom. The van der Waals surface area contributed by atoms with Gasteiger partial charge in [-0.3, -0.25) is 9.59 Å². The first-order valence-corrected chi connectivity index (χ1v) is 6.55. The van der Waals surface area contributed by atoms with Crippen molar-refractivity contribution in [3.05, 3.63) is 33.8 Å². The van der Waals surface area contributed by atoms with Crippen LogP contribution in [-0.4, -0.2) is 28.9 Å². The van der Waals surface area contributed by atoms with Gasteiger partial charge >= 0.3 is 5.97 Å². The molecule has 0 bridgehead atoms. The second-order valence-electron chi connectivity index (χ2n) is 4.83. The second kappa shape index (κ2) is 5.02. The summed E-state index contributed by atoms with van der Waals surface area (Å²) in [6.07, 6.45) is 0.809. The van der Waals surface area contributed by atoms with Crippen LogP contribution in [0.15, 0.2) is 18.2 Å². The van der Waals surface area contributed by atoms with Crippen LogP contribution in [0, 0.1) is 5.41 Å². The van der Waals surface area contributed by atoms with E-state index in [0.717, 1.165) is 5.56 Å². The minimum atomic E-state index is -1.21. The number of benzene rings is 1. The molecular formula is C13H13Cl2NO3. The molecule has 0 atom stereocenters. The Kier molecular flexibility index (Phi) is 3.74. The minimum absolute atomic E-state index is 0.286. The van der Waals surface area contributed by atoms with E-state index in [1.165, 1.54) is 4.90 Å². The van der Waals surface area contributed by atoms with Gasteiger partial charge in [-0.15, -0.1) is 0 Å². The summed E-state index contributed by atoms with van der Waals surface area (Å²) in [7, 11) is 1.58. The minimum Gasteiger partial charge on any atom is -0.480 e. The third-order valence-corrected chi connectivity index (χ3v) is 3.69. The van der Waals surface area contributed by atoms with Crippen molar-refractivity contribution in [1.82, 2.24) is 4.90 Å². The highest BCUT2D eigenvalue weighted by Gasteiger charge is 2.58. The predicted octanol–water partition coefficient (Wildman–Crippen LogP) is 2.82. The zero-order valence-electron chi connectivity index (χ0n) is 10.3. The maximum atomic E-state index is 12.1. The first kappa shape index (κ1) is 14.2. The number of rotatable bonds is 4. The van der Waals surface area contributed by atoms with Crippen LogP contribution in [0.25, 0.3) is 0 Å². The Morgan fingerprint density at radius 3 is 2.21 bits per heavy atom. The summed E-state index contributed by atoms with van der Waals surface area (Å²) < 4.78 is 0. The number of carboxylic acids is 1. The van der Waals surface area contributed by atoms with E-state index in [4.69, 9.17) is 28.3 Å². The van der Waals surface area contributed by atoms with Gasteiger partial charge in [0.1, 0.15) is 5.41 Å². The monoisotopic (exact) mass is 301 g/mol. The number of hydrogen-bond donors (Lipinski definition) is 1. The number of carbonyl (C=O) groups is 2. The molecule has 1 amide bonds. The average molecular weight is 302 g/mol. The summed E-state index contributed by atoms with van der Waals surface area (Å²) in [5, 5.41) is 10.1. The SMILES string of the molecule is CN(Cc1cc(Cl)cc(Cl)c1)C(=O)C1(C(=O)O)CC1. The summed E-state index contributed by atoms with van der Waals surface area (Å²) in [6.45, 7) is 0.286. The van der Waals surface area contributed by atoms with Crippen molar-refractivity contribution < 1.29 is 14.7 Å². The standard InChI is InChI=1S/C13H13Cl2NO3/c1-16(11(17)13(2-3-13)12(18)19)7-8-4-9(14)6-10(15)5-8/h4-6H,2-3,7H2,1H3,(H,18,19). The van der Waals surface area contributed by atoms with Crippen molar-refractivity contribution in [2.45, 2.75) is 19.4 Å². The van der Waals surface area contributed by atoms with Gasteiger partial charge in [0.05, 0.1) is 0 Å². The van der Waals surface area contributed by atoms with Crippen molar-refractivity contribution in [1.29, 1.82) is 0 Å². The Bertz CT molecular complexity index is 520. The van der Waals surface area contributed by atoms with Gasteiger partial charge in [0.2, 0.25) is 5.91 Å². The molecule has 0 radical (unpaired) electrons. The fraction of sp³-hybridized carbons (Fsp3) is 0.385. The van der Waals surface area contributed by atoms with Gasteiger partial charge < -0.3 is 10.0 Å². The van der Waals surface area contributed by atoms with Crippen molar-refractivity contribution in [2.75, 3.05) is 7.05 Å². The molecule has 0 aromatic heterocycles. The molecule has 1 N–H and O–H groups in total. The summed E-state index contributed by atoms with van der Waals surface area (Å²) in [5.74, 6) is -1.41. The molecule has 4 nitrogen and oxygen atoms in total. The molecule has 1 saturated carbocycles. The lowest BCUT2D eigenvalue weighted by Gasteiger charge is -2.21. The van der Waals surface area contributed by atoms with Gasteiger partial charge in [-0.05, 0) is 36.6 Å². The van der Waals surface area contributed by atoms with Gasteiger partial charge in [0.25, 0.3) is 0 Å². The van der Waals surface area contributed by atoms with Gasteiger partial charge in [-0.2, -0.15) is 0 Å². The van der Waals surface area contributed by atoms with Crippen LogP contribution in [0.3, 0.4) is 0 Å². The number of carboxylic acid groups (broad SMARTS) is 1. The molecule has 6 heteroatoms. The molecule has 0 aliphatic heterocycles. The number of nitrogens with zero attached hydrogens (tertiary/aromatic N) is 1. The van der Waals surface area contributed by atoms with E-state index >= 15 is 0 Å². The van der Waals surface area contributed by atoms with E-state index in [9.17, 15) is 9.59 Å². The lowest BCUT2D eigenvalue weighted by Crippen LogP contribution is -2.38. The number of hydrogen-bond acceptors (Lipinski definition) is 2. The molecular weight excluding hydrogens is 289 g/mol. The topological polar surface area (TPSA) is 57.6 Å². The Morgan fingerprint density at radius 2 is 1.79 bits per heavy atom. The Balaban J connectivity index is 2.11. The van der Waals surface area contributed by atoms with E-state index < -0.39 is 11.4 Å². The van der Waals surface area contributed by atoms with Crippen molar-refractivity contribution >= 4 is 35.1 Å². The van der Waals surface area contributed by atoms with Crippen LogP contribution >= 0.6 is 23.2 Å². The first-order chi connectivity index (χ1) is 8.85. The highest BCUT2D eigenvalue weighted by atomic mass is 35.5. The van der Waals surface area contributed by atoms with Crippen LogP contribution in [0.4, 0.5) is 0 Å². The number of carbonyl (C=O) groups excluding carboxylic acids is 1. The van der Waals surface area contributed by atoms with Gasteiger partial charge in [-0.25, -0.2) is 0 Å². The maximum Gasteiger partial charge on any atom is 0.319 e. The molecule has 0 unspecified atom stereocenters. The average Bonchev–Trinajstić information content (AvgIpc) is 3.07. The maximum absolute atomic E-state index is 12.1. The molecule has 0 heterocycles. The third-order valence-electron chi connectivity index (χ3n) is 3.26. The molecule has 0 saturated heterocycles. The van der Waals surface area contributed by atoms with E-state index in [2.05, 4.69) is 0 Å². The molecule has 1 aliphatic carbocycles. The first-order valence-electron chi connectivity index (χ1n) is 5.79. The highest BCUT2D eigenvalue weighted by molar-refractivity contribution is 6.34. The normalized spacial score (nSPS) is 15.9. The van der Waals surface area contributed by atoms with Gasteiger partial charge in [0, 0.05) is 23.6 Å². The molecule has 0 spiro atoms. The lowest BCUT2D eigenvalue weighted by molar-refractivity contribution is -0.153. The summed E-state index contributed by atoms with van der Waals surface area (Å²) in [4.78, 5) is 24.6. The second-order valence-corrected chi connectivity index (χ2v) is 5.70. The zero-order valence-corrected chi connectivity index (χ0v) is 11.8. The van der Waals surface area contributed by atoms with Gasteiger partial charge in [-0.1, -0.05) is 23.2 Å². The number of halogens is 2. The largest absolute Gasteiger partial charge is 0.480 e.